The first kappa shape index (κ1) is 51.8. The number of aliphatic hydroxyl groups excluding tert-OH is 2. The predicted molar refractivity (Wildman–Crippen MR) is 277 cm³/mol. The average molecular weight is 955 g/mol. The standard InChI is InChI=1S/C62H82O8/c1-40(2)43-15-25-52-45(33-43)17-27-54-59(52,7)29-11-31-61(54,9)56(65)69-38-49(63)36-67-35-42-13-19-47(20-14-42)58(5,6)48-21-23-51(24-22-48)68-37-50(64)39-70-57(66)62(10)32-12-30-60(8)53-26-16-44(41(3)4)34-46(53)18-28-55(60)62/h13-16,19-26,33-34,40-41,49-50,54-55,63-64H,11-12,17-18,27-32,35-39H2,1-10H3. The summed E-state index contributed by atoms with van der Waals surface area (Å²) in [5.74, 6) is 1.55. The molecular formula is C62H82O8. The Morgan fingerprint density at radius 2 is 1.04 bits per heavy atom. The summed E-state index contributed by atoms with van der Waals surface area (Å²) in [5, 5.41) is 21.7. The third-order valence-electron chi connectivity index (χ3n) is 18.1. The molecule has 4 aliphatic carbocycles. The molecule has 70 heavy (non-hydrogen) atoms. The third-order valence-corrected chi connectivity index (χ3v) is 18.1. The second-order valence-electron chi connectivity index (χ2n) is 23.9. The van der Waals surface area contributed by atoms with Crippen LogP contribution in [-0.4, -0.2) is 60.8 Å². The van der Waals surface area contributed by atoms with Crippen LogP contribution in [0, 0.1) is 22.7 Å². The van der Waals surface area contributed by atoms with Gasteiger partial charge in [-0.2, -0.15) is 0 Å². The maximum Gasteiger partial charge on any atom is 0.312 e. The molecule has 8 nitrogen and oxygen atoms in total. The van der Waals surface area contributed by atoms with Crippen molar-refractivity contribution in [1.29, 1.82) is 0 Å². The largest absolute Gasteiger partial charge is 0.491 e. The molecule has 0 heterocycles. The van der Waals surface area contributed by atoms with Crippen LogP contribution in [0.2, 0.25) is 0 Å². The van der Waals surface area contributed by atoms with E-state index in [0.29, 0.717) is 24.2 Å². The molecular weight excluding hydrogens is 873 g/mol. The van der Waals surface area contributed by atoms with Crippen molar-refractivity contribution in [1.82, 2.24) is 0 Å². The summed E-state index contributed by atoms with van der Waals surface area (Å²) in [6.45, 7) is 22.4. The minimum Gasteiger partial charge on any atom is -0.491 e. The zero-order valence-corrected chi connectivity index (χ0v) is 44.0. The third kappa shape index (κ3) is 10.1. The normalized spacial score (nSPS) is 27.1. The highest BCUT2D eigenvalue weighted by atomic mass is 16.6. The Bertz CT molecular complexity index is 2470. The highest BCUT2D eigenvalue weighted by molar-refractivity contribution is 5.78. The van der Waals surface area contributed by atoms with Gasteiger partial charge in [0.15, 0.2) is 0 Å². The molecule has 0 aliphatic heterocycles. The molecule has 0 bridgehead atoms. The maximum absolute atomic E-state index is 13.9. The van der Waals surface area contributed by atoms with E-state index in [-0.39, 0.29) is 66.4 Å². The monoisotopic (exact) mass is 955 g/mol. The fourth-order valence-corrected chi connectivity index (χ4v) is 13.7. The van der Waals surface area contributed by atoms with Crippen LogP contribution in [0.15, 0.2) is 84.9 Å². The van der Waals surface area contributed by atoms with Gasteiger partial charge in [-0.05, 0) is 162 Å². The number of fused-ring (bicyclic) bond motifs is 6. The van der Waals surface area contributed by atoms with Gasteiger partial charge < -0.3 is 29.2 Å². The lowest BCUT2D eigenvalue weighted by Crippen LogP contribution is -2.53. The van der Waals surface area contributed by atoms with Crippen molar-refractivity contribution in [2.45, 2.75) is 180 Å². The van der Waals surface area contributed by atoms with E-state index in [9.17, 15) is 19.8 Å². The second-order valence-corrected chi connectivity index (χ2v) is 23.9. The van der Waals surface area contributed by atoms with Gasteiger partial charge in [0, 0.05) is 5.41 Å². The van der Waals surface area contributed by atoms with Crippen molar-refractivity contribution in [3.05, 3.63) is 135 Å². The number of esters is 2. The number of hydrogen-bond acceptors (Lipinski definition) is 8. The Morgan fingerprint density at radius 1 is 0.600 bits per heavy atom. The molecule has 0 radical (unpaired) electrons. The van der Waals surface area contributed by atoms with E-state index in [1.807, 2.05) is 36.4 Å². The van der Waals surface area contributed by atoms with E-state index in [4.69, 9.17) is 18.9 Å². The number of carbonyl (C=O) groups is 2. The van der Waals surface area contributed by atoms with Crippen LogP contribution in [-0.2, 0) is 59.5 Å². The molecule has 378 valence electrons. The first-order valence-electron chi connectivity index (χ1n) is 26.6. The van der Waals surface area contributed by atoms with E-state index in [2.05, 4.69) is 118 Å². The lowest BCUT2D eigenvalue weighted by Gasteiger charge is -2.54. The van der Waals surface area contributed by atoms with Gasteiger partial charge in [-0.25, -0.2) is 0 Å². The molecule has 8 unspecified atom stereocenters. The molecule has 8 atom stereocenters. The van der Waals surface area contributed by atoms with Crippen molar-refractivity contribution in [2.75, 3.05) is 26.4 Å². The van der Waals surface area contributed by atoms with Crippen LogP contribution < -0.4 is 4.74 Å². The molecule has 0 saturated heterocycles. The predicted octanol–water partition coefficient (Wildman–Crippen LogP) is 12.4. The number of aliphatic hydroxyl groups is 2. The van der Waals surface area contributed by atoms with Gasteiger partial charge in [-0.15, -0.1) is 0 Å². The molecule has 0 amide bonds. The molecule has 2 N–H and O–H groups in total. The first-order chi connectivity index (χ1) is 33.2. The molecule has 2 fully saturated rings. The quantitative estimate of drug-likeness (QED) is 0.101. The Labute approximate surface area is 419 Å². The highest BCUT2D eigenvalue weighted by Crippen LogP contribution is 2.59. The van der Waals surface area contributed by atoms with E-state index in [0.717, 1.165) is 80.9 Å². The van der Waals surface area contributed by atoms with Crippen molar-refractivity contribution >= 4 is 11.9 Å². The topological polar surface area (TPSA) is 112 Å². The molecule has 4 aromatic rings. The minimum absolute atomic E-state index is 0.0137. The number of rotatable bonds is 17. The number of ether oxygens (including phenoxy) is 4. The van der Waals surface area contributed by atoms with Gasteiger partial charge >= 0.3 is 11.9 Å². The summed E-state index contributed by atoms with van der Waals surface area (Å²) in [6.07, 6.45) is 7.65. The lowest BCUT2D eigenvalue weighted by atomic mass is 9.49. The summed E-state index contributed by atoms with van der Waals surface area (Å²) in [5.41, 5.74) is 9.93. The Hall–Kier alpha value is -4.50. The number of carbonyl (C=O) groups excluding carboxylic acids is 2. The Balaban J connectivity index is 0.767. The van der Waals surface area contributed by atoms with Crippen molar-refractivity contribution < 1.29 is 38.7 Å². The van der Waals surface area contributed by atoms with Gasteiger partial charge in [-0.3, -0.25) is 9.59 Å². The van der Waals surface area contributed by atoms with Gasteiger partial charge in [0.25, 0.3) is 0 Å². The van der Waals surface area contributed by atoms with Gasteiger partial charge in [-0.1, -0.05) is 141 Å². The summed E-state index contributed by atoms with van der Waals surface area (Å²) < 4.78 is 23.7. The summed E-state index contributed by atoms with van der Waals surface area (Å²) in [6, 6.07) is 30.2. The van der Waals surface area contributed by atoms with Gasteiger partial charge in [0.1, 0.15) is 37.8 Å². The van der Waals surface area contributed by atoms with Gasteiger partial charge in [0.2, 0.25) is 0 Å². The molecule has 4 aliphatic rings. The number of benzene rings is 4. The van der Waals surface area contributed by atoms with Gasteiger partial charge in [0.05, 0.1) is 24.0 Å². The Kier molecular flexibility index (Phi) is 15.2. The smallest absolute Gasteiger partial charge is 0.312 e. The molecule has 0 aromatic heterocycles. The molecule has 8 heteroatoms. The minimum atomic E-state index is -0.954. The van der Waals surface area contributed by atoms with Crippen LogP contribution in [0.25, 0.3) is 0 Å². The van der Waals surface area contributed by atoms with Crippen LogP contribution in [0.1, 0.15) is 183 Å². The van der Waals surface area contributed by atoms with Crippen LogP contribution >= 0.6 is 0 Å². The van der Waals surface area contributed by atoms with Crippen molar-refractivity contribution in [2.24, 2.45) is 22.7 Å². The summed E-state index contributed by atoms with van der Waals surface area (Å²) in [4.78, 5) is 27.7. The van der Waals surface area contributed by atoms with Crippen LogP contribution in [0.3, 0.4) is 0 Å². The molecule has 4 aromatic carbocycles. The second kappa shape index (κ2) is 20.5. The lowest BCUT2D eigenvalue weighted by molar-refractivity contribution is -0.169. The average Bonchev–Trinajstić information content (AvgIpc) is 3.34. The highest BCUT2D eigenvalue weighted by Gasteiger charge is 2.57. The molecule has 2 saturated carbocycles. The number of hydrogen-bond donors (Lipinski definition) is 2. The van der Waals surface area contributed by atoms with Crippen LogP contribution in [0.5, 0.6) is 5.75 Å². The van der Waals surface area contributed by atoms with E-state index < -0.39 is 23.0 Å². The SMILES string of the molecule is CC(C)c1ccc2c(c1)CCC1C(C)(C(=O)OCC(O)COCc3ccc(C(C)(C)c4ccc(OCC(O)COC(=O)C5(C)CCCC6(C)c7ccc(C(C)C)cc7CCC56)cc4)cc3)CCCC21C. The molecule has 0 spiro atoms. The maximum atomic E-state index is 13.9. The van der Waals surface area contributed by atoms with E-state index >= 15 is 0 Å². The van der Waals surface area contributed by atoms with E-state index in [1.165, 1.54) is 33.4 Å². The van der Waals surface area contributed by atoms with E-state index in [1.54, 1.807) is 0 Å². The zero-order chi connectivity index (χ0) is 50.2. The first-order valence-corrected chi connectivity index (χ1v) is 26.6. The number of aryl methyl sites for hydroxylation is 2. The van der Waals surface area contributed by atoms with Crippen molar-refractivity contribution in [3.63, 3.8) is 0 Å². The fraction of sp³-hybridized carbons (Fsp3) is 0.581. The Morgan fingerprint density at radius 3 is 1.50 bits per heavy atom. The summed E-state index contributed by atoms with van der Waals surface area (Å²) >= 11 is 0. The van der Waals surface area contributed by atoms with Crippen molar-refractivity contribution in [3.8, 4) is 5.75 Å². The summed E-state index contributed by atoms with van der Waals surface area (Å²) in [7, 11) is 0. The zero-order valence-electron chi connectivity index (χ0n) is 44.0. The van der Waals surface area contributed by atoms with Crippen LogP contribution in [0.4, 0.5) is 0 Å². The molecule has 8 rings (SSSR count). The fourth-order valence-electron chi connectivity index (χ4n) is 13.7.